The molecule has 1 amide bonds. The first-order valence-electron chi connectivity index (χ1n) is 6.15. The maximum atomic E-state index is 12.2. The lowest BCUT2D eigenvalue weighted by atomic mass is 10.1. The van der Waals surface area contributed by atoms with E-state index in [0.717, 1.165) is 0 Å². The van der Waals surface area contributed by atoms with Gasteiger partial charge in [-0.3, -0.25) is 4.79 Å². The number of carbonyl (C=O) groups is 1. The smallest absolute Gasteiger partial charge is 0.253 e. The van der Waals surface area contributed by atoms with E-state index in [1.807, 2.05) is 0 Å². The third kappa shape index (κ3) is 5.28. The number of rotatable bonds is 5. The van der Waals surface area contributed by atoms with Crippen LogP contribution in [0, 0.1) is 0 Å². The van der Waals surface area contributed by atoms with E-state index in [-0.39, 0.29) is 29.8 Å². The van der Waals surface area contributed by atoms with Crippen molar-refractivity contribution in [2.75, 3.05) is 20.6 Å². The third-order valence-corrected chi connectivity index (χ3v) is 4.45. The van der Waals surface area contributed by atoms with Gasteiger partial charge in [0, 0.05) is 31.7 Å². The van der Waals surface area contributed by atoms with Crippen LogP contribution in [0.15, 0.2) is 29.2 Å². The van der Waals surface area contributed by atoms with E-state index in [9.17, 15) is 13.2 Å². The third-order valence-electron chi connectivity index (χ3n) is 2.74. The summed E-state index contributed by atoms with van der Waals surface area (Å²) in [5.74, 6) is -0.177. The molecule has 1 aromatic rings. The highest BCUT2D eigenvalue weighted by Gasteiger charge is 2.25. The van der Waals surface area contributed by atoms with Crippen LogP contribution >= 0.6 is 12.4 Å². The number of hydrogen-bond acceptors (Lipinski definition) is 4. The molecule has 3 N–H and O–H groups in total. The Morgan fingerprint density at radius 2 is 1.71 bits per heavy atom. The van der Waals surface area contributed by atoms with Crippen LogP contribution in [0.25, 0.3) is 0 Å². The lowest BCUT2D eigenvalue weighted by Gasteiger charge is -2.23. The number of nitrogens with one attached hydrogen (secondary N) is 1. The molecule has 0 aromatic heterocycles. The Bertz CT molecular complexity index is 583. The molecule has 0 aliphatic heterocycles. The van der Waals surface area contributed by atoms with Gasteiger partial charge in [-0.1, -0.05) is 0 Å². The molecule has 0 aliphatic carbocycles. The summed E-state index contributed by atoms with van der Waals surface area (Å²) in [6, 6.07) is 5.80. The Hall–Kier alpha value is -1.15. The largest absolute Gasteiger partial charge is 0.345 e. The normalized spacial score (nSPS) is 11.7. The minimum Gasteiger partial charge on any atom is -0.345 e. The van der Waals surface area contributed by atoms with Gasteiger partial charge in [-0.15, -0.1) is 12.4 Å². The van der Waals surface area contributed by atoms with E-state index in [4.69, 9.17) is 5.73 Å². The van der Waals surface area contributed by atoms with Crippen molar-refractivity contribution < 1.29 is 13.2 Å². The van der Waals surface area contributed by atoms with Crippen LogP contribution in [0.1, 0.15) is 24.2 Å². The molecule has 0 atom stereocenters. The number of halogens is 1. The van der Waals surface area contributed by atoms with Crippen LogP contribution < -0.4 is 10.5 Å². The average Bonchev–Trinajstić information content (AvgIpc) is 2.36. The minimum absolute atomic E-state index is 0. The van der Waals surface area contributed by atoms with Crippen molar-refractivity contribution in [3.63, 3.8) is 0 Å². The molecule has 0 radical (unpaired) electrons. The SMILES string of the molecule is CN(C)C(=O)c1ccc(S(=O)(=O)NC(C)(C)CN)cc1.Cl. The first-order chi connectivity index (χ1) is 9.09. The van der Waals surface area contributed by atoms with E-state index < -0.39 is 15.6 Å². The van der Waals surface area contributed by atoms with Crippen molar-refractivity contribution in [1.82, 2.24) is 9.62 Å². The molecule has 0 spiro atoms. The topological polar surface area (TPSA) is 92.5 Å². The highest BCUT2D eigenvalue weighted by atomic mass is 35.5. The van der Waals surface area contributed by atoms with Gasteiger partial charge in [-0.2, -0.15) is 0 Å². The van der Waals surface area contributed by atoms with Crippen molar-refractivity contribution in [2.24, 2.45) is 5.73 Å². The minimum atomic E-state index is -3.65. The standard InChI is InChI=1S/C13H21N3O3S.ClH/c1-13(2,9-14)15-20(18,19)11-7-5-10(6-8-11)12(17)16(3)4;/h5-8,15H,9,14H2,1-4H3;1H. The predicted molar refractivity (Wildman–Crippen MR) is 85.2 cm³/mol. The molecule has 1 aromatic carbocycles. The summed E-state index contributed by atoms with van der Waals surface area (Å²) in [5, 5.41) is 0. The van der Waals surface area contributed by atoms with Gasteiger partial charge in [-0.05, 0) is 38.1 Å². The molecule has 1 rings (SSSR count). The summed E-state index contributed by atoms with van der Waals surface area (Å²) < 4.78 is 26.8. The molecule has 21 heavy (non-hydrogen) atoms. The van der Waals surface area contributed by atoms with Crippen molar-refractivity contribution in [2.45, 2.75) is 24.3 Å². The Morgan fingerprint density at radius 3 is 2.10 bits per heavy atom. The Morgan fingerprint density at radius 1 is 1.24 bits per heavy atom. The number of sulfonamides is 1. The zero-order chi connectivity index (χ0) is 15.6. The Labute approximate surface area is 132 Å². The first-order valence-corrected chi connectivity index (χ1v) is 7.63. The molecule has 8 heteroatoms. The summed E-state index contributed by atoms with van der Waals surface area (Å²) >= 11 is 0. The van der Waals surface area contributed by atoms with Gasteiger partial charge < -0.3 is 10.6 Å². The summed E-state index contributed by atoms with van der Waals surface area (Å²) in [6.45, 7) is 3.59. The van der Waals surface area contributed by atoms with Crippen LogP contribution in [0.3, 0.4) is 0 Å². The van der Waals surface area contributed by atoms with Crippen molar-refractivity contribution >= 4 is 28.3 Å². The lowest BCUT2D eigenvalue weighted by Crippen LogP contribution is -2.48. The van der Waals surface area contributed by atoms with E-state index in [1.54, 1.807) is 27.9 Å². The van der Waals surface area contributed by atoms with E-state index in [1.165, 1.54) is 29.2 Å². The molecule has 0 unspecified atom stereocenters. The molecule has 0 fully saturated rings. The second-order valence-corrected chi connectivity index (χ2v) is 7.10. The number of carbonyl (C=O) groups excluding carboxylic acids is 1. The summed E-state index contributed by atoms with van der Waals surface area (Å²) in [5.41, 5.74) is 5.22. The predicted octanol–water partition coefficient (Wildman–Crippen LogP) is 0.826. The zero-order valence-electron chi connectivity index (χ0n) is 12.6. The van der Waals surface area contributed by atoms with Gasteiger partial charge >= 0.3 is 0 Å². The van der Waals surface area contributed by atoms with Gasteiger partial charge in [-0.25, -0.2) is 13.1 Å². The lowest BCUT2D eigenvalue weighted by molar-refractivity contribution is 0.0827. The highest BCUT2D eigenvalue weighted by molar-refractivity contribution is 7.89. The fraction of sp³-hybridized carbons (Fsp3) is 0.462. The van der Waals surface area contributed by atoms with Gasteiger partial charge in [0.2, 0.25) is 10.0 Å². The molecular formula is C13H22ClN3O3S. The van der Waals surface area contributed by atoms with Crippen molar-refractivity contribution in [3.8, 4) is 0 Å². The van der Waals surface area contributed by atoms with Crippen LogP contribution in [-0.4, -0.2) is 45.4 Å². The van der Waals surface area contributed by atoms with Gasteiger partial charge in [0.1, 0.15) is 0 Å². The summed E-state index contributed by atoms with van der Waals surface area (Å²) in [6.07, 6.45) is 0. The maximum absolute atomic E-state index is 12.2. The zero-order valence-corrected chi connectivity index (χ0v) is 14.2. The molecular weight excluding hydrogens is 314 g/mol. The average molecular weight is 336 g/mol. The summed E-state index contributed by atoms with van der Waals surface area (Å²) in [7, 11) is -0.373. The Kier molecular flexibility index (Phi) is 6.82. The molecule has 0 saturated carbocycles. The van der Waals surface area contributed by atoms with Gasteiger partial charge in [0.15, 0.2) is 0 Å². The van der Waals surface area contributed by atoms with Gasteiger partial charge in [0.05, 0.1) is 4.90 Å². The monoisotopic (exact) mass is 335 g/mol. The molecule has 120 valence electrons. The van der Waals surface area contributed by atoms with Crippen molar-refractivity contribution in [3.05, 3.63) is 29.8 Å². The number of amides is 1. The van der Waals surface area contributed by atoms with E-state index in [2.05, 4.69) is 4.72 Å². The van der Waals surface area contributed by atoms with Crippen LogP contribution in [0.2, 0.25) is 0 Å². The first kappa shape index (κ1) is 19.9. The van der Waals surface area contributed by atoms with Crippen molar-refractivity contribution in [1.29, 1.82) is 0 Å². The van der Waals surface area contributed by atoms with Gasteiger partial charge in [0.25, 0.3) is 5.91 Å². The number of nitrogens with two attached hydrogens (primary N) is 1. The number of nitrogens with zero attached hydrogens (tertiary/aromatic N) is 1. The van der Waals surface area contributed by atoms with Crippen LogP contribution in [-0.2, 0) is 10.0 Å². The second-order valence-electron chi connectivity index (χ2n) is 5.42. The number of benzene rings is 1. The molecule has 0 saturated heterocycles. The molecule has 0 aliphatic rings. The molecule has 0 bridgehead atoms. The quantitative estimate of drug-likeness (QED) is 0.833. The molecule has 6 nitrogen and oxygen atoms in total. The highest BCUT2D eigenvalue weighted by Crippen LogP contribution is 2.14. The van der Waals surface area contributed by atoms with E-state index >= 15 is 0 Å². The maximum Gasteiger partial charge on any atom is 0.253 e. The van der Waals surface area contributed by atoms with Crippen LogP contribution in [0.5, 0.6) is 0 Å². The second kappa shape index (κ2) is 7.22. The van der Waals surface area contributed by atoms with E-state index in [0.29, 0.717) is 5.56 Å². The molecule has 0 heterocycles. The summed E-state index contributed by atoms with van der Waals surface area (Å²) in [4.78, 5) is 13.3. The fourth-order valence-electron chi connectivity index (χ4n) is 1.50. The van der Waals surface area contributed by atoms with Crippen LogP contribution in [0.4, 0.5) is 0 Å². The number of hydrogen-bond donors (Lipinski definition) is 2. The Balaban J connectivity index is 0.00000400. The fourth-order valence-corrected chi connectivity index (χ4v) is 2.92.